The molecule has 32 heavy (non-hydrogen) atoms. The Bertz CT molecular complexity index is 740. The van der Waals surface area contributed by atoms with Gasteiger partial charge in [-0.05, 0) is 116 Å². The van der Waals surface area contributed by atoms with Crippen LogP contribution in [0.3, 0.4) is 0 Å². The zero-order valence-corrected chi connectivity index (χ0v) is 22.0. The third kappa shape index (κ3) is 3.82. The lowest BCUT2D eigenvalue weighted by Crippen LogP contribution is -2.50. The molecule has 0 spiro atoms. The van der Waals surface area contributed by atoms with Crippen LogP contribution >= 0.6 is 0 Å². The van der Waals surface area contributed by atoms with Crippen molar-refractivity contribution in [2.45, 2.75) is 112 Å². The Morgan fingerprint density at radius 3 is 2.50 bits per heavy atom. The van der Waals surface area contributed by atoms with Crippen LogP contribution in [0.15, 0.2) is 23.4 Å². The maximum Gasteiger partial charge on any atom is 0.0175 e. The first-order valence-corrected chi connectivity index (χ1v) is 14.5. The summed E-state index contributed by atoms with van der Waals surface area (Å²) in [5.74, 6) is 5.64. The molecule has 0 aromatic carbocycles. The van der Waals surface area contributed by atoms with Crippen LogP contribution in [0.25, 0.3) is 0 Å². The third-order valence-electron chi connectivity index (χ3n) is 11.5. The molecule has 0 aromatic heterocycles. The van der Waals surface area contributed by atoms with Gasteiger partial charge < -0.3 is 4.90 Å². The minimum absolute atomic E-state index is 0.453. The molecule has 0 radical (unpaired) electrons. The van der Waals surface area contributed by atoms with Crippen LogP contribution < -0.4 is 0 Å². The fourth-order valence-electron chi connectivity index (χ4n) is 9.59. The Kier molecular flexibility index (Phi) is 6.34. The third-order valence-corrected chi connectivity index (χ3v) is 11.5. The van der Waals surface area contributed by atoms with Gasteiger partial charge in [0.25, 0.3) is 0 Å². The van der Waals surface area contributed by atoms with Crippen LogP contribution in [0.2, 0.25) is 0 Å². The SMILES string of the molecule is CC(C)CCC[C@@H](C)[C@H]1CC[C@H]2[C@@H]3CC=C4C=C(N5CCCC5)CC[C@]4(C)[C@H]3CC[C@]12C. The molecule has 1 heteroatoms. The number of fused-ring (bicyclic) bond motifs is 5. The van der Waals surface area contributed by atoms with Gasteiger partial charge in [0, 0.05) is 18.8 Å². The first-order chi connectivity index (χ1) is 15.3. The van der Waals surface area contributed by atoms with Gasteiger partial charge in [0.05, 0.1) is 0 Å². The minimum atomic E-state index is 0.453. The zero-order chi connectivity index (χ0) is 22.5. The summed E-state index contributed by atoms with van der Waals surface area (Å²) in [5, 5.41) is 0. The van der Waals surface area contributed by atoms with Crippen molar-refractivity contribution in [1.29, 1.82) is 0 Å². The van der Waals surface area contributed by atoms with Crippen molar-refractivity contribution in [3.05, 3.63) is 23.4 Å². The second-order valence-electron chi connectivity index (χ2n) is 13.5. The van der Waals surface area contributed by atoms with Crippen molar-refractivity contribution in [1.82, 2.24) is 4.90 Å². The van der Waals surface area contributed by atoms with Gasteiger partial charge in [-0.2, -0.15) is 0 Å². The molecule has 0 N–H and O–H groups in total. The number of likely N-dealkylation sites (tertiary alicyclic amines) is 1. The van der Waals surface area contributed by atoms with Crippen LogP contribution in [-0.4, -0.2) is 18.0 Å². The molecule has 1 saturated heterocycles. The summed E-state index contributed by atoms with van der Waals surface area (Å²) < 4.78 is 0. The molecule has 5 rings (SSSR count). The summed E-state index contributed by atoms with van der Waals surface area (Å²) in [6, 6.07) is 0. The van der Waals surface area contributed by atoms with Crippen molar-refractivity contribution < 1.29 is 0 Å². The first-order valence-electron chi connectivity index (χ1n) is 14.5. The van der Waals surface area contributed by atoms with Crippen LogP contribution in [0, 0.1) is 46.3 Å². The molecule has 5 aliphatic rings. The summed E-state index contributed by atoms with van der Waals surface area (Å²) in [4.78, 5) is 2.70. The van der Waals surface area contributed by atoms with E-state index in [1.807, 2.05) is 0 Å². The summed E-state index contributed by atoms with van der Waals surface area (Å²) >= 11 is 0. The maximum atomic E-state index is 2.73. The fourth-order valence-corrected chi connectivity index (χ4v) is 9.59. The Hall–Kier alpha value is -0.720. The van der Waals surface area contributed by atoms with Crippen LogP contribution in [0.4, 0.5) is 0 Å². The average Bonchev–Trinajstić information content (AvgIpc) is 3.40. The van der Waals surface area contributed by atoms with Gasteiger partial charge in [0.1, 0.15) is 0 Å². The summed E-state index contributed by atoms with van der Waals surface area (Å²) in [7, 11) is 0. The lowest BCUT2D eigenvalue weighted by molar-refractivity contribution is -0.0459. The van der Waals surface area contributed by atoms with Gasteiger partial charge >= 0.3 is 0 Å². The van der Waals surface area contributed by atoms with Crippen molar-refractivity contribution in [3.8, 4) is 0 Å². The molecular weight excluding hydrogens is 386 g/mol. The van der Waals surface area contributed by atoms with Gasteiger partial charge in [-0.1, -0.05) is 60.0 Å². The number of hydrogen-bond donors (Lipinski definition) is 0. The van der Waals surface area contributed by atoms with Crippen LogP contribution in [-0.2, 0) is 0 Å². The second-order valence-corrected chi connectivity index (χ2v) is 13.5. The summed E-state index contributed by atoms with van der Waals surface area (Å²) in [6.45, 7) is 15.4. The highest BCUT2D eigenvalue weighted by Gasteiger charge is 2.58. The molecule has 1 nitrogen and oxygen atoms in total. The summed E-state index contributed by atoms with van der Waals surface area (Å²) in [5.41, 5.74) is 4.47. The lowest BCUT2D eigenvalue weighted by atomic mass is 9.47. The minimum Gasteiger partial charge on any atom is -0.375 e. The smallest absolute Gasteiger partial charge is 0.0175 e. The lowest BCUT2D eigenvalue weighted by Gasteiger charge is -2.57. The molecule has 2 saturated carbocycles. The molecule has 1 aliphatic heterocycles. The van der Waals surface area contributed by atoms with E-state index in [4.69, 9.17) is 0 Å². The van der Waals surface area contributed by atoms with Crippen molar-refractivity contribution in [2.75, 3.05) is 13.1 Å². The Morgan fingerprint density at radius 2 is 1.75 bits per heavy atom. The standard InChI is InChI=1S/C31H51N/c1-22(2)9-8-10-23(3)27-13-14-28-26-12-11-24-21-25(32-19-6-7-20-32)15-17-30(24,4)29(26)16-18-31(27,28)5/h11,21-23,26-29H,6-10,12-20H2,1-5H3/t23-,26+,27-,28+,29+,30+,31-/m1/s1. The molecule has 4 aliphatic carbocycles. The maximum absolute atomic E-state index is 2.73. The molecule has 0 aromatic rings. The van der Waals surface area contributed by atoms with E-state index in [0.717, 1.165) is 35.5 Å². The highest BCUT2D eigenvalue weighted by Crippen LogP contribution is 2.67. The van der Waals surface area contributed by atoms with E-state index < -0.39 is 0 Å². The molecule has 7 atom stereocenters. The zero-order valence-electron chi connectivity index (χ0n) is 22.0. The molecule has 0 unspecified atom stereocenters. The van der Waals surface area contributed by atoms with E-state index >= 15 is 0 Å². The van der Waals surface area contributed by atoms with E-state index in [-0.39, 0.29) is 0 Å². The molecule has 1 heterocycles. The van der Waals surface area contributed by atoms with E-state index in [2.05, 4.69) is 51.7 Å². The fraction of sp³-hybridized carbons (Fsp3) is 0.871. The molecular formula is C31H51N. The normalized spacial score (nSPS) is 42.2. The average molecular weight is 438 g/mol. The van der Waals surface area contributed by atoms with Gasteiger partial charge in [0.2, 0.25) is 0 Å². The van der Waals surface area contributed by atoms with E-state index in [1.54, 1.807) is 11.3 Å². The van der Waals surface area contributed by atoms with Crippen molar-refractivity contribution in [2.24, 2.45) is 46.3 Å². The Labute approximate surface area is 199 Å². The predicted molar refractivity (Wildman–Crippen MR) is 137 cm³/mol. The van der Waals surface area contributed by atoms with Gasteiger partial charge in [0.15, 0.2) is 0 Å². The van der Waals surface area contributed by atoms with Gasteiger partial charge in [-0.15, -0.1) is 0 Å². The van der Waals surface area contributed by atoms with Crippen LogP contribution in [0.5, 0.6) is 0 Å². The molecule has 180 valence electrons. The van der Waals surface area contributed by atoms with E-state index in [0.29, 0.717) is 10.8 Å². The Morgan fingerprint density at radius 1 is 0.969 bits per heavy atom. The van der Waals surface area contributed by atoms with Gasteiger partial charge in [-0.25, -0.2) is 0 Å². The second kappa shape index (κ2) is 8.81. The highest BCUT2D eigenvalue weighted by molar-refractivity contribution is 5.37. The number of hydrogen-bond acceptors (Lipinski definition) is 1. The predicted octanol–water partition coefficient (Wildman–Crippen LogP) is 8.62. The Balaban J connectivity index is 1.32. The molecule has 0 bridgehead atoms. The quantitative estimate of drug-likeness (QED) is 0.402. The molecule has 0 amide bonds. The van der Waals surface area contributed by atoms with E-state index in [1.165, 1.54) is 90.1 Å². The number of allylic oxidation sites excluding steroid dienone is 4. The molecule has 3 fully saturated rings. The first kappa shape index (κ1) is 23.0. The van der Waals surface area contributed by atoms with Crippen molar-refractivity contribution in [3.63, 3.8) is 0 Å². The monoisotopic (exact) mass is 437 g/mol. The topological polar surface area (TPSA) is 3.24 Å². The van der Waals surface area contributed by atoms with Gasteiger partial charge in [-0.3, -0.25) is 0 Å². The highest BCUT2D eigenvalue weighted by atomic mass is 15.1. The largest absolute Gasteiger partial charge is 0.375 e. The number of rotatable bonds is 6. The van der Waals surface area contributed by atoms with E-state index in [9.17, 15) is 0 Å². The van der Waals surface area contributed by atoms with Crippen LogP contribution in [0.1, 0.15) is 112 Å². The summed E-state index contributed by atoms with van der Waals surface area (Å²) in [6.07, 6.45) is 22.6. The van der Waals surface area contributed by atoms with Crippen molar-refractivity contribution >= 4 is 0 Å². The number of nitrogens with zero attached hydrogens (tertiary/aromatic N) is 1.